The molecule has 2 aliphatic heterocycles. The number of nitriles is 1. The number of aryl methyl sites for hydroxylation is 1. The van der Waals surface area contributed by atoms with Gasteiger partial charge in [-0.05, 0) is 31.2 Å². The van der Waals surface area contributed by atoms with Crippen molar-refractivity contribution < 1.29 is 9.53 Å². The van der Waals surface area contributed by atoms with E-state index in [1.807, 2.05) is 6.07 Å². The van der Waals surface area contributed by atoms with E-state index in [-0.39, 0.29) is 18.1 Å². The van der Waals surface area contributed by atoms with Crippen LogP contribution in [0.1, 0.15) is 43.1 Å². The first-order valence-corrected chi connectivity index (χ1v) is 9.49. The Morgan fingerprint density at radius 1 is 1.36 bits per heavy atom. The molecule has 4 heterocycles. The number of aromatic nitrogens is 4. The SMILES string of the molecule is COc1ccc(Cn2nc3n(c2=O)[C@H](C(=O)N2CCC[C@H]2C#N)CCC3)cn1. The maximum absolute atomic E-state index is 13.1. The Bertz CT molecular complexity index is 971. The van der Waals surface area contributed by atoms with Crippen LogP contribution in [-0.4, -0.2) is 49.8 Å². The molecule has 0 aliphatic carbocycles. The highest BCUT2D eigenvalue weighted by molar-refractivity contribution is 5.81. The van der Waals surface area contributed by atoms with Gasteiger partial charge in [0, 0.05) is 25.2 Å². The van der Waals surface area contributed by atoms with Gasteiger partial charge in [-0.25, -0.2) is 14.5 Å². The minimum atomic E-state index is -0.576. The number of carbonyl (C=O) groups excluding carboxylic acids is 1. The smallest absolute Gasteiger partial charge is 0.346 e. The first kappa shape index (κ1) is 18.2. The Morgan fingerprint density at radius 2 is 2.21 bits per heavy atom. The third-order valence-electron chi connectivity index (χ3n) is 5.44. The molecule has 2 aromatic heterocycles. The van der Waals surface area contributed by atoms with Crippen LogP contribution in [0.5, 0.6) is 5.88 Å². The molecule has 4 rings (SSSR count). The van der Waals surface area contributed by atoms with Gasteiger partial charge in [0.1, 0.15) is 17.9 Å². The number of carbonyl (C=O) groups is 1. The summed E-state index contributed by atoms with van der Waals surface area (Å²) in [4.78, 5) is 31.9. The molecule has 1 amide bonds. The van der Waals surface area contributed by atoms with Crippen LogP contribution in [-0.2, 0) is 17.8 Å². The van der Waals surface area contributed by atoms with Crippen molar-refractivity contribution in [2.24, 2.45) is 0 Å². The van der Waals surface area contributed by atoms with Crippen LogP contribution in [0.4, 0.5) is 0 Å². The lowest BCUT2D eigenvalue weighted by atomic mass is 10.0. The fraction of sp³-hybridized carbons (Fsp3) is 0.526. The molecule has 1 saturated heterocycles. The molecule has 0 aromatic carbocycles. The van der Waals surface area contributed by atoms with E-state index >= 15 is 0 Å². The summed E-state index contributed by atoms with van der Waals surface area (Å²) in [5, 5.41) is 13.8. The molecule has 0 N–H and O–H groups in total. The second-order valence-corrected chi connectivity index (χ2v) is 7.16. The summed E-state index contributed by atoms with van der Waals surface area (Å²) in [6, 6.07) is 4.80. The van der Waals surface area contributed by atoms with Crippen molar-refractivity contribution in [1.82, 2.24) is 24.2 Å². The number of amides is 1. The molecule has 28 heavy (non-hydrogen) atoms. The lowest BCUT2D eigenvalue weighted by molar-refractivity contribution is -0.135. The number of hydrogen-bond donors (Lipinski definition) is 0. The normalized spacial score (nSPS) is 21.2. The quantitative estimate of drug-likeness (QED) is 0.777. The summed E-state index contributed by atoms with van der Waals surface area (Å²) in [5.74, 6) is 0.991. The van der Waals surface area contributed by atoms with Crippen molar-refractivity contribution in [2.45, 2.75) is 50.7 Å². The highest BCUT2D eigenvalue weighted by atomic mass is 16.5. The Hall–Kier alpha value is -3.15. The zero-order valence-corrected chi connectivity index (χ0v) is 15.7. The van der Waals surface area contributed by atoms with E-state index in [0.29, 0.717) is 37.5 Å². The zero-order chi connectivity index (χ0) is 19.7. The lowest BCUT2D eigenvalue weighted by Gasteiger charge is -2.28. The number of fused-ring (bicyclic) bond motifs is 1. The number of nitrogens with zero attached hydrogens (tertiary/aromatic N) is 6. The molecule has 0 bridgehead atoms. The lowest BCUT2D eigenvalue weighted by Crippen LogP contribution is -2.44. The highest BCUT2D eigenvalue weighted by Gasteiger charge is 2.37. The third-order valence-corrected chi connectivity index (χ3v) is 5.44. The van der Waals surface area contributed by atoms with Crippen molar-refractivity contribution in [2.75, 3.05) is 13.7 Å². The molecule has 0 radical (unpaired) electrons. The Balaban J connectivity index is 1.61. The van der Waals surface area contributed by atoms with Crippen molar-refractivity contribution in [3.63, 3.8) is 0 Å². The topological polar surface area (TPSA) is 106 Å². The molecule has 1 fully saturated rings. The van der Waals surface area contributed by atoms with Crippen molar-refractivity contribution in [3.05, 3.63) is 40.2 Å². The minimum absolute atomic E-state index is 0.141. The minimum Gasteiger partial charge on any atom is -0.481 e. The van der Waals surface area contributed by atoms with Crippen LogP contribution in [0.2, 0.25) is 0 Å². The molecule has 0 unspecified atom stereocenters. The van der Waals surface area contributed by atoms with Gasteiger partial charge in [-0.3, -0.25) is 9.36 Å². The number of likely N-dealkylation sites (tertiary alicyclic amines) is 1. The van der Waals surface area contributed by atoms with Crippen molar-refractivity contribution in [1.29, 1.82) is 5.26 Å². The van der Waals surface area contributed by atoms with Gasteiger partial charge in [0.25, 0.3) is 0 Å². The third kappa shape index (κ3) is 3.15. The summed E-state index contributed by atoms with van der Waals surface area (Å²) in [6.45, 7) is 0.852. The Morgan fingerprint density at radius 3 is 2.93 bits per heavy atom. The molecule has 2 aliphatic rings. The van der Waals surface area contributed by atoms with Gasteiger partial charge in [0.05, 0.1) is 19.7 Å². The zero-order valence-electron chi connectivity index (χ0n) is 15.7. The average Bonchev–Trinajstić information content (AvgIpc) is 3.33. The van der Waals surface area contributed by atoms with Gasteiger partial charge in [0.15, 0.2) is 0 Å². The standard InChI is InChI=1S/C19H22N6O3/c1-28-17-8-7-13(11-21-17)12-24-19(27)25-15(5-2-6-16(25)22-24)18(26)23-9-3-4-14(23)10-20/h7-8,11,14-15H,2-6,9,12H2,1H3/t14-,15-/m0/s1. The van der Waals surface area contributed by atoms with Gasteiger partial charge in [-0.1, -0.05) is 6.07 Å². The number of hydrogen-bond acceptors (Lipinski definition) is 6. The Labute approximate surface area is 162 Å². The molecule has 0 saturated carbocycles. The van der Waals surface area contributed by atoms with Gasteiger partial charge < -0.3 is 9.64 Å². The second kappa shape index (κ2) is 7.46. The van der Waals surface area contributed by atoms with Gasteiger partial charge in [-0.15, -0.1) is 0 Å². The molecule has 146 valence electrons. The summed E-state index contributed by atoms with van der Waals surface area (Å²) in [5.41, 5.74) is 0.530. The molecule has 9 nitrogen and oxygen atoms in total. The summed E-state index contributed by atoms with van der Waals surface area (Å²) in [6.07, 6.45) is 5.21. The van der Waals surface area contributed by atoms with E-state index in [1.165, 1.54) is 9.25 Å². The van der Waals surface area contributed by atoms with E-state index in [1.54, 1.807) is 24.3 Å². The fourth-order valence-electron chi connectivity index (χ4n) is 4.02. The molecule has 2 aromatic rings. The van der Waals surface area contributed by atoms with E-state index in [0.717, 1.165) is 18.4 Å². The van der Waals surface area contributed by atoms with Crippen molar-refractivity contribution in [3.8, 4) is 11.9 Å². The summed E-state index contributed by atoms with van der Waals surface area (Å²) >= 11 is 0. The number of rotatable bonds is 4. The molecule has 9 heteroatoms. The maximum atomic E-state index is 13.1. The summed E-state index contributed by atoms with van der Waals surface area (Å²) in [7, 11) is 1.55. The van der Waals surface area contributed by atoms with E-state index < -0.39 is 12.1 Å². The average molecular weight is 382 g/mol. The molecular formula is C19H22N6O3. The number of pyridine rings is 1. The number of ether oxygens (including phenoxy) is 1. The van der Waals surface area contributed by atoms with Gasteiger partial charge in [0.2, 0.25) is 11.8 Å². The maximum Gasteiger partial charge on any atom is 0.346 e. The molecular weight excluding hydrogens is 360 g/mol. The number of methoxy groups -OCH3 is 1. The van der Waals surface area contributed by atoms with Crippen LogP contribution >= 0.6 is 0 Å². The van der Waals surface area contributed by atoms with Crippen molar-refractivity contribution >= 4 is 5.91 Å². The van der Waals surface area contributed by atoms with E-state index in [9.17, 15) is 14.9 Å². The second-order valence-electron chi connectivity index (χ2n) is 7.16. The fourth-order valence-corrected chi connectivity index (χ4v) is 4.02. The van der Waals surface area contributed by atoms with Crippen LogP contribution < -0.4 is 10.4 Å². The predicted molar refractivity (Wildman–Crippen MR) is 98.7 cm³/mol. The van der Waals surface area contributed by atoms with Gasteiger partial charge in [-0.2, -0.15) is 10.4 Å². The first-order valence-electron chi connectivity index (χ1n) is 9.49. The van der Waals surface area contributed by atoms with E-state index in [2.05, 4.69) is 16.2 Å². The van der Waals surface area contributed by atoms with Crippen LogP contribution in [0.15, 0.2) is 23.1 Å². The van der Waals surface area contributed by atoms with Crippen LogP contribution in [0, 0.1) is 11.3 Å². The summed E-state index contributed by atoms with van der Waals surface area (Å²) < 4.78 is 7.96. The van der Waals surface area contributed by atoms with Crippen LogP contribution in [0.25, 0.3) is 0 Å². The molecule has 2 atom stereocenters. The predicted octanol–water partition coefficient (Wildman–Crippen LogP) is 0.889. The van der Waals surface area contributed by atoms with Gasteiger partial charge >= 0.3 is 5.69 Å². The molecule has 0 spiro atoms. The van der Waals surface area contributed by atoms with E-state index in [4.69, 9.17) is 4.74 Å². The first-order chi connectivity index (χ1) is 13.6. The highest BCUT2D eigenvalue weighted by Crippen LogP contribution is 2.27. The van der Waals surface area contributed by atoms with Crippen LogP contribution in [0.3, 0.4) is 0 Å². The largest absolute Gasteiger partial charge is 0.481 e. The monoisotopic (exact) mass is 382 g/mol. The Kier molecular flexibility index (Phi) is 4.86.